The maximum absolute atomic E-state index is 11.6. The SMILES string of the molecule is CCOC(=O)C1(O)CC(c2ccc(OC)cc2)=NO1. The molecule has 0 spiro atoms. The van der Waals surface area contributed by atoms with Gasteiger partial charge < -0.3 is 19.4 Å². The van der Waals surface area contributed by atoms with E-state index < -0.39 is 11.8 Å². The molecule has 0 saturated carbocycles. The van der Waals surface area contributed by atoms with Gasteiger partial charge in [0.15, 0.2) is 0 Å². The number of esters is 1. The van der Waals surface area contributed by atoms with Gasteiger partial charge in [0, 0.05) is 0 Å². The van der Waals surface area contributed by atoms with Gasteiger partial charge in [-0.2, -0.15) is 0 Å². The second-order valence-corrected chi connectivity index (χ2v) is 4.04. The third kappa shape index (κ3) is 2.68. The summed E-state index contributed by atoms with van der Waals surface area (Å²) in [6, 6.07) is 7.08. The highest BCUT2D eigenvalue weighted by Gasteiger charge is 2.46. The first kappa shape index (κ1) is 13.4. The molecule has 1 atom stereocenters. The number of hydrogen-bond donors (Lipinski definition) is 1. The molecule has 102 valence electrons. The van der Waals surface area contributed by atoms with Crippen molar-refractivity contribution in [3.05, 3.63) is 29.8 Å². The summed E-state index contributed by atoms with van der Waals surface area (Å²) in [7, 11) is 1.57. The van der Waals surface area contributed by atoms with Crippen LogP contribution in [0.1, 0.15) is 18.9 Å². The van der Waals surface area contributed by atoms with Crippen molar-refractivity contribution in [3.63, 3.8) is 0 Å². The quantitative estimate of drug-likeness (QED) is 0.824. The van der Waals surface area contributed by atoms with E-state index in [9.17, 15) is 9.90 Å². The van der Waals surface area contributed by atoms with Crippen LogP contribution in [0.4, 0.5) is 0 Å². The molecule has 0 aromatic heterocycles. The summed E-state index contributed by atoms with van der Waals surface area (Å²) in [4.78, 5) is 16.4. The number of ether oxygens (including phenoxy) is 2. The second-order valence-electron chi connectivity index (χ2n) is 4.04. The normalized spacial score (nSPS) is 21.5. The van der Waals surface area contributed by atoms with E-state index in [1.165, 1.54) is 0 Å². The zero-order chi connectivity index (χ0) is 13.9. The van der Waals surface area contributed by atoms with Gasteiger partial charge in [0.25, 0.3) is 0 Å². The molecule has 1 aromatic carbocycles. The molecule has 0 aliphatic carbocycles. The molecular formula is C13H15NO5. The first-order valence-corrected chi connectivity index (χ1v) is 5.88. The first-order valence-electron chi connectivity index (χ1n) is 5.88. The number of aliphatic hydroxyl groups is 1. The summed E-state index contributed by atoms with van der Waals surface area (Å²) in [5.41, 5.74) is 1.24. The van der Waals surface area contributed by atoms with Crippen molar-refractivity contribution in [1.82, 2.24) is 0 Å². The summed E-state index contributed by atoms with van der Waals surface area (Å²) in [5.74, 6) is -2.14. The van der Waals surface area contributed by atoms with Gasteiger partial charge in [0.1, 0.15) is 5.75 Å². The molecule has 1 aromatic rings. The molecule has 6 heteroatoms. The Hall–Kier alpha value is -2.08. The average Bonchev–Trinajstić information content (AvgIpc) is 2.83. The number of nitrogens with zero attached hydrogens (tertiary/aromatic N) is 1. The van der Waals surface area contributed by atoms with Crippen LogP contribution in [0.2, 0.25) is 0 Å². The predicted octanol–water partition coefficient (Wildman–Crippen LogP) is 1.07. The van der Waals surface area contributed by atoms with Gasteiger partial charge in [-0.1, -0.05) is 5.16 Å². The Kier molecular flexibility index (Phi) is 3.71. The maximum Gasteiger partial charge on any atom is 0.382 e. The Morgan fingerprint density at radius 3 is 2.74 bits per heavy atom. The smallest absolute Gasteiger partial charge is 0.382 e. The maximum atomic E-state index is 11.6. The molecule has 0 amide bonds. The van der Waals surface area contributed by atoms with Crippen molar-refractivity contribution in [2.75, 3.05) is 13.7 Å². The van der Waals surface area contributed by atoms with Gasteiger partial charge in [-0.25, -0.2) is 4.79 Å². The van der Waals surface area contributed by atoms with Crippen LogP contribution < -0.4 is 4.74 Å². The van der Waals surface area contributed by atoms with E-state index in [4.69, 9.17) is 14.3 Å². The molecule has 1 aliphatic heterocycles. The lowest BCUT2D eigenvalue weighted by Gasteiger charge is -2.16. The number of carbonyl (C=O) groups is 1. The molecule has 1 heterocycles. The highest BCUT2D eigenvalue weighted by molar-refractivity contribution is 6.04. The van der Waals surface area contributed by atoms with E-state index in [1.54, 1.807) is 38.3 Å². The van der Waals surface area contributed by atoms with E-state index in [0.717, 1.165) is 5.56 Å². The first-order chi connectivity index (χ1) is 9.09. The Labute approximate surface area is 110 Å². The minimum absolute atomic E-state index is 0.0435. The molecule has 0 saturated heterocycles. The van der Waals surface area contributed by atoms with Gasteiger partial charge in [-0.15, -0.1) is 0 Å². The van der Waals surface area contributed by atoms with Crippen LogP contribution in [0.25, 0.3) is 0 Å². The van der Waals surface area contributed by atoms with Crippen molar-refractivity contribution in [2.45, 2.75) is 19.1 Å². The summed E-state index contributed by atoms with van der Waals surface area (Å²) in [5, 5.41) is 13.7. The molecule has 19 heavy (non-hydrogen) atoms. The number of methoxy groups -OCH3 is 1. The van der Waals surface area contributed by atoms with Crippen LogP contribution in [0, 0.1) is 0 Å². The van der Waals surface area contributed by atoms with Crippen LogP contribution in [-0.2, 0) is 14.4 Å². The molecule has 1 unspecified atom stereocenters. The van der Waals surface area contributed by atoms with E-state index in [1.807, 2.05) is 0 Å². The van der Waals surface area contributed by atoms with Crippen molar-refractivity contribution >= 4 is 11.7 Å². The summed E-state index contributed by atoms with van der Waals surface area (Å²) in [6.45, 7) is 1.82. The highest BCUT2D eigenvalue weighted by Crippen LogP contribution is 2.26. The van der Waals surface area contributed by atoms with Crippen LogP contribution in [-0.4, -0.2) is 36.3 Å². The zero-order valence-electron chi connectivity index (χ0n) is 10.8. The van der Waals surface area contributed by atoms with Crippen molar-refractivity contribution < 1.29 is 24.2 Å². The number of carbonyl (C=O) groups excluding carboxylic acids is 1. The lowest BCUT2D eigenvalue weighted by atomic mass is 10.0. The zero-order valence-corrected chi connectivity index (χ0v) is 10.8. The Bertz CT molecular complexity index is 496. The Morgan fingerprint density at radius 2 is 2.16 bits per heavy atom. The van der Waals surface area contributed by atoms with E-state index in [0.29, 0.717) is 11.5 Å². The van der Waals surface area contributed by atoms with Crippen LogP contribution in [0.15, 0.2) is 29.4 Å². The van der Waals surface area contributed by atoms with Crippen LogP contribution in [0.5, 0.6) is 5.75 Å². The lowest BCUT2D eigenvalue weighted by Crippen LogP contribution is -2.40. The number of benzene rings is 1. The van der Waals surface area contributed by atoms with Gasteiger partial charge >= 0.3 is 11.8 Å². The average molecular weight is 265 g/mol. The van der Waals surface area contributed by atoms with Gasteiger partial charge in [0.2, 0.25) is 0 Å². The van der Waals surface area contributed by atoms with E-state index in [-0.39, 0.29) is 13.0 Å². The minimum atomic E-state index is -2.02. The van der Waals surface area contributed by atoms with Gasteiger partial charge in [-0.05, 0) is 36.8 Å². The number of rotatable bonds is 4. The fraction of sp³-hybridized carbons (Fsp3) is 0.385. The van der Waals surface area contributed by atoms with Crippen LogP contribution >= 0.6 is 0 Å². The molecule has 2 rings (SSSR count). The standard InChI is InChI=1S/C13H15NO5/c1-3-18-12(15)13(16)8-11(14-19-13)9-4-6-10(17-2)7-5-9/h4-7,16H,3,8H2,1-2H3. The summed E-state index contributed by atoms with van der Waals surface area (Å²) in [6.07, 6.45) is -0.0435. The molecule has 6 nitrogen and oxygen atoms in total. The molecule has 1 aliphatic rings. The van der Waals surface area contributed by atoms with Gasteiger partial charge in [-0.3, -0.25) is 0 Å². The van der Waals surface area contributed by atoms with Gasteiger partial charge in [0.05, 0.1) is 25.8 Å². The summed E-state index contributed by atoms with van der Waals surface area (Å²) < 4.78 is 9.79. The minimum Gasteiger partial charge on any atom is -0.497 e. The third-order valence-electron chi connectivity index (χ3n) is 2.73. The lowest BCUT2D eigenvalue weighted by molar-refractivity contribution is -0.218. The molecule has 0 bridgehead atoms. The predicted molar refractivity (Wildman–Crippen MR) is 66.8 cm³/mol. The molecule has 0 radical (unpaired) electrons. The van der Waals surface area contributed by atoms with E-state index >= 15 is 0 Å². The topological polar surface area (TPSA) is 77.4 Å². The second kappa shape index (κ2) is 5.27. The third-order valence-corrected chi connectivity index (χ3v) is 2.73. The van der Waals surface area contributed by atoms with E-state index in [2.05, 4.69) is 5.16 Å². The summed E-state index contributed by atoms with van der Waals surface area (Å²) >= 11 is 0. The fourth-order valence-corrected chi connectivity index (χ4v) is 1.71. The van der Waals surface area contributed by atoms with Crippen molar-refractivity contribution in [3.8, 4) is 5.75 Å². The molecule has 1 N–H and O–H groups in total. The van der Waals surface area contributed by atoms with Crippen molar-refractivity contribution in [1.29, 1.82) is 0 Å². The monoisotopic (exact) mass is 265 g/mol. The Balaban J connectivity index is 2.10. The number of hydrogen-bond acceptors (Lipinski definition) is 6. The molecule has 0 fully saturated rings. The largest absolute Gasteiger partial charge is 0.497 e. The fourth-order valence-electron chi connectivity index (χ4n) is 1.71. The molecular weight excluding hydrogens is 250 g/mol. The van der Waals surface area contributed by atoms with Crippen molar-refractivity contribution in [2.24, 2.45) is 5.16 Å². The highest BCUT2D eigenvalue weighted by atomic mass is 16.8. The number of oxime groups is 1. The van der Waals surface area contributed by atoms with Crippen LogP contribution in [0.3, 0.4) is 0 Å². The Morgan fingerprint density at radius 1 is 1.47 bits per heavy atom.